The number of hydrogen-bond acceptors (Lipinski definition) is 4. The van der Waals surface area contributed by atoms with E-state index in [0.29, 0.717) is 26.4 Å². The van der Waals surface area contributed by atoms with Crippen LogP contribution in [0.1, 0.15) is 34.1 Å². The largest absolute Gasteiger partial charge is 0.407 e. The molecular formula is C25H36O4Si. The van der Waals surface area contributed by atoms with Crippen molar-refractivity contribution >= 4 is 25.0 Å². The van der Waals surface area contributed by atoms with E-state index in [1.807, 2.05) is 0 Å². The number of rotatable bonds is 13. The Labute approximate surface area is 182 Å². The molecule has 1 atom stereocenters. The molecule has 2 aromatic rings. The van der Waals surface area contributed by atoms with E-state index in [4.69, 9.17) is 13.9 Å². The van der Waals surface area contributed by atoms with Crippen LogP contribution in [0.25, 0.3) is 0 Å². The summed E-state index contributed by atoms with van der Waals surface area (Å²) < 4.78 is 17.9. The highest BCUT2D eigenvalue weighted by atomic mass is 28.4. The molecule has 0 saturated carbocycles. The Morgan fingerprint density at radius 2 is 1.40 bits per heavy atom. The minimum Gasteiger partial charge on any atom is -0.407 e. The van der Waals surface area contributed by atoms with E-state index >= 15 is 0 Å². The van der Waals surface area contributed by atoms with Crippen LogP contribution in [0.15, 0.2) is 60.7 Å². The van der Waals surface area contributed by atoms with Crippen molar-refractivity contribution < 1.29 is 18.7 Å². The van der Waals surface area contributed by atoms with E-state index in [-0.39, 0.29) is 17.6 Å². The molecule has 0 bridgehead atoms. The lowest BCUT2D eigenvalue weighted by molar-refractivity contribution is -0.112. The average Bonchev–Trinajstić information content (AvgIpc) is 2.74. The van der Waals surface area contributed by atoms with Crippen LogP contribution in [0.4, 0.5) is 0 Å². The predicted octanol–water partition coefficient (Wildman–Crippen LogP) is 3.82. The first-order chi connectivity index (χ1) is 14.4. The first-order valence-corrected chi connectivity index (χ1v) is 12.7. The third kappa shape index (κ3) is 6.61. The average molecular weight is 429 g/mol. The molecule has 0 aliphatic rings. The van der Waals surface area contributed by atoms with Gasteiger partial charge in [-0.1, -0.05) is 88.4 Å². The van der Waals surface area contributed by atoms with Crippen molar-refractivity contribution in [2.75, 3.05) is 33.0 Å². The van der Waals surface area contributed by atoms with Gasteiger partial charge < -0.3 is 18.7 Å². The quantitative estimate of drug-likeness (QED) is 0.276. The number of carbonyl (C=O) groups excluding carboxylic acids is 1. The Bertz CT molecular complexity index is 688. The first kappa shape index (κ1) is 24.5. The van der Waals surface area contributed by atoms with Gasteiger partial charge in [-0.15, -0.1) is 0 Å². The van der Waals surface area contributed by atoms with Crippen molar-refractivity contribution in [1.82, 2.24) is 0 Å². The molecule has 4 nitrogen and oxygen atoms in total. The molecule has 0 saturated heterocycles. The standard InChI is InChI=1S/C25H36O4Si/c1-22(21-28-19-16-26)20-27-17-11-18-29-30(25(2,3)4,23-12-7-5-8-13-23)24-14-9-6-10-15-24/h5-10,12-16,22H,11,17-21H2,1-4H3. The third-order valence-corrected chi connectivity index (χ3v) is 10.2. The van der Waals surface area contributed by atoms with Crippen LogP contribution in [0.5, 0.6) is 0 Å². The van der Waals surface area contributed by atoms with E-state index in [9.17, 15) is 4.79 Å². The summed E-state index contributed by atoms with van der Waals surface area (Å²) in [6.07, 6.45) is 1.61. The summed E-state index contributed by atoms with van der Waals surface area (Å²) in [4.78, 5) is 10.3. The van der Waals surface area contributed by atoms with E-state index in [1.165, 1.54) is 10.4 Å². The molecule has 164 valence electrons. The van der Waals surface area contributed by atoms with Crippen molar-refractivity contribution in [3.63, 3.8) is 0 Å². The van der Waals surface area contributed by atoms with Gasteiger partial charge in [0.1, 0.15) is 12.9 Å². The summed E-state index contributed by atoms with van der Waals surface area (Å²) in [7, 11) is -2.46. The zero-order chi connectivity index (χ0) is 21.9. The van der Waals surface area contributed by atoms with E-state index in [2.05, 4.69) is 88.4 Å². The molecular weight excluding hydrogens is 392 g/mol. The van der Waals surface area contributed by atoms with E-state index < -0.39 is 8.32 Å². The van der Waals surface area contributed by atoms with Crippen LogP contribution in [0.3, 0.4) is 0 Å². The lowest BCUT2D eigenvalue weighted by Crippen LogP contribution is -2.66. The minimum atomic E-state index is -2.46. The second-order valence-electron chi connectivity index (χ2n) is 8.75. The van der Waals surface area contributed by atoms with Crippen LogP contribution < -0.4 is 10.4 Å². The van der Waals surface area contributed by atoms with Gasteiger partial charge in [-0.25, -0.2) is 0 Å². The van der Waals surface area contributed by atoms with Gasteiger partial charge in [0.15, 0.2) is 0 Å². The molecule has 0 aliphatic carbocycles. The fourth-order valence-electron chi connectivity index (χ4n) is 3.80. The molecule has 0 amide bonds. The van der Waals surface area contributed by atoms with Crippen molar-refractivity contribution in [2.45, 2.75) is 39.2 Å². The molecule has 0 radical (unpaired) electrons. The fourth-order valence-corrected chi connectivity index (χ4v) is 8.40. The maximum Gasteiger partial charge on any atom is 0.261 e. The molecule has 30 heavy (non-hydrogen) atoms. The van der Waals surface area contributed by atoms with E-state index in [0.717, 1.165) is 12.7 Å². The van der Waals surface area contributed by atoms with Gasteiger partial charge in [-0.05, 0) is 21.8 Å². The first-order valence-electron chi connectivity index (χ1n) is 10.8. The molecule has 5 heteroatoms. The highest BCUT2D eigenvalue weighted by Gasteiger charge is 2.49. The molecule has 0 heterocycles. The lowest BCUT2D eigenvalue weighted by Gasteiger charge is -2.43. The Kier molecular flexibility index (Phi) is 9.92. The minimum absolute atomic E-state index is 0.0129. The molecule has 2 rings (SSSR count). The fraction of sp³-hybridized carbons (Fsp3) is 0.480. The number of hydrogen-bond donors (Lipinski definition) is 0. The topological polar surface area (TPSA) is 44.8 Å². The normalized spacial score (nSPS) is 13.2. The summed E-state index contributed by atoms with van der Waals surface area (Å²) in [6.45, 7) is 11.5. The molecule has 0 N–H and O–H groups in total. The van der Waals surface area contributed by atoms with Crippen molar-refractivity contribution in [3.8, 4) is 0 Å². The third-order valence-electron chi connectivity index (χ3n) is 5.16. The number of carbonyl (C=O) groups is 1. The molecule has 0 spiro atoms. The Hall–Kier alpha value is -1.79. The lowest BCUT2D eigenvalue weighted by atomic mass is 10.2. The molecule has 0 aliphatic heterocycles. The van der Waals surface area contributed by atoms with Crippen LogP contribution in [-0.4, -0.2) is 47.6 Å². The van der Waals surface area contributed by atoms with Gasteiger partial charge in [-0.2, -0.15) is 0 Å². The van der Waals surface area contributed by atoms with E-state index in [1.54, 1.807) is 0 Å². The van der Waals surface area contributed by atoms with Crippen LogP contribution >= 0.6 is 0 Å². The van der Waals surface area contributed by atoms with Crippen molar-refractivity contribution in [3.05, 3.63) is 60.7 Å². The summed E-state index contributed by atoms with van der Waals surface area (Å²) in [5.74, 6) is 0.266. The zero-order valence-electron chi connectivity index (χ0n) is 18.8. The van der Waals surface area contributed by atoms with Gasteiger partial charge >= 0.3 is 0 Å². The molecule has 0 fully saturated rings. The van der Waals surface area contributed by atoms with Gasteiger partial charge in [0, 0.05) is 19.1 Å². The summed E-state index contributed by atoms with van der Waals surface area (Å²) in [5, 5.41) is 2.58. The Morgan fingerprint density at radius 3 is 1.90 bits per heavy atom. The monoisotopic (exact) mass is 428 g/mol. The number of ether oxygens (including phenoxy) is 2. The molecule has 2 aromatic carbocycles. The SMILES string of the molecule is CC(COCC=O)COCCCO[Si](c1ccccc1)(c1ccccc1)C(C)(C)C. The Morgan fingerprint density at radius 1 is 0.867 bits per heavy atom. The highest BCUT2D eigenvalue weighted by molar-refractivity contribution is 6.99. The maximum absolute atomic E-state index is 10.3. The molecule has 1 unspecified atom stereocenters. The van der Waals surface area contributed by atoms with Crippen LogP contribution in [0, 0.1) is 5.92 Å². The smallest absolute Gasteiger partial charge is 0.261 e. The summed E-state index contributed by atoms with van der Waals surface area (Å²) in [5.41, 5.74) is 0. The summed E-state index contributed by atoms with van der Waals surface area (Å²) in [6, 6.07) is 21.4. The van der Waals surface area contributed by atoms with Crippen molar-refractivity contribution in [1.29, 1.82) is 0 Å². The van der Waals surface area contributed by atoms with Crippen LogP contribution in [0.2, 0.25) is 5.04 Å². The second kappa shape index (κ2) is 12.2. The maximum atomic E-state index is 10.3. The van der Waals surface area contributed by atoms with Gasteiger partial charge in [0.2, 0.25) is 0 Å². The predicted molar refractivity (Wildman–Crippen MR) is 125 cm³/mol. The number of aldehydes is 1. The molecule has 0 aromatic heterocycles. The van der Waals surface area contributed by atoms with Gasteiger partial charge in [0.25, 0.3) is 8.32 Å². The van der Waals surface area contributed by atoms with Crippen LogP contribution in [-0.2, 0) is 18.7 Å². The summed E-state index contributed by atoms with van der Waals surface area (Å²) >= 11 is 0. The Balaban J connectivity index is 2.02. The van der Waals surface area contributed by atoms with Crippen molar-refractivity contribution in [2.24, 2.45) is 5.92 Å². The zero-order valence-corrected chi connectivity index (χ0v) is 19.8. The van der Waals surface area contributed by atoms with Gasteiger partial charge in [0.05, 0.1) is 13.2 Å². The van der Waals surface area contributed by atoms with Gasteiger partial charge in [-0.3, -0.25) is 0 Å². The second-order valence-corrected chi connectivity index (χ2v) is 13.1. The highest BCUT2D eigenvalue weighted by Crippen LogP contribution is 2.36. The number of benzene rings is 2.